The predicted octanol–water partition coefficient (Wildman–Crippen LogP) is 3.94. The first-order valence-corrected chi connectivity index (χ1v) is 8.86. The Morgan fingerprint density at radius 3 is 2.48 bits per heavy atom. The maximum absolute atomic E-state index is 12.7. The number of aromatic amines is 1. The lowest BCUT2D eigenvalue weighted by Gasteiger charge is -2.12. The number of pyridine rings is 1. The number of aryl methyl sites for hydroxylation is 1. The summed E-state index contributed by atoms with van der Waals surface area (Å²) in [6.07, 6.45) is -1.14. The third-order valence-electron chi connectivity index (χ3n) is 3.82. The Morgan fingerprint density at radius 1 is 1.19 bits per heavy atom. The van der Waals surface area contributed by atoms with Gasteiger partial charge in [0.15, 0.2) is 11.8 Å². The summed E-state index contributed by atoms with van der Waals surface area (Å²) in [6.45, 7) is 6.60. The predicted molar refractivity (Wildman–Crippen MR) is 99.7 cm³/mol. The van der Waals surface area contributed by atoms with E-state index in [1.165, 1.54) is 19.1 Å². The topological polar surface area (TPSA) is 98.4 Å². The number of hydrogen-bond donors (Lipinski definition) is 1. The molecule has 0 radical (unpaired) electrons. The normalized spacial score (nSPS) is 11.8. The molecule has 0 amide bonds. The number of hydrogen-bond acceptors (Lipinski definition) is 6. The summed E-state index contributed by atoms with van der Waals surface area (Å²) < 4.78 is 10.2. The molecule has 0 bridgehead atoms. The van der Waals surface area contributed by atoms with Crippen molar-refractivity contribution in [3.8, 4) is 0 Å². The third-order valence-corrected chi connectivity index (χ3v) is 4.34. The monoisotopic (exact) mass is 412 g/mol. The minimum atomic E-state index is -1.14. The fourth-order valence-corrected chi connectivity index (χ4v) is 2.87. The molecule has 0 saturated heterocycles. The molecule has 7 nitrogen and oxygen atoms in total. The largest absolute Gasteiger partial charge is 0.462 e. The van der Waals surface area contributed by atoms with Crippen molar-refractivity contribution in [1.29, 1.82) is 0 Å². The Balaban J connectivity index is 2.23. The van der Waals surface area contributed by atoms with Crippen LogP contribution >= 0.6 is 23.2 Å². The smallest absolute Gasteiger partial charge is 0.359 e. The molecule has 2 aromatic rings. The van der Waals surface area contributed by atoms with Crippen LogP contribution in [0.4, 0.5) is 0 Å². The highest BCUT2D eigenvalue weighted by molar-refractivity contribution is 6.34. The zero-order chi connectivity index (χ0) is 20.3. The summed E-state index contributed by atoms with van der Waals surface area (Å²) in [4.78, 5) is 43.7. The van der Waals surface area contributed by atoms with Gasteiger partial charge in [-0.2, -0.15) is 0 Å². The summed E-state index contributed by atoms with van der Waals surface area (Å²) in [7, 11) is 0. The molecule has 2 rings (SSSR count). The molecule has 9 heteroatoms. The van der Waals surface area contributed by atoms with Crippen LogP contribution in [-0.2, 0) is 9.47 Å². The number of esters is 2. The molecule has 1 atom stereocenters. The average Bonchev–Trinajstić information content (AvgIpc) is 2.90. The fourth-order valence-electron chi connectivity index (χ4n) is 2.54. The molecule has 0 spiro atoms. The van der Waals surface area contributed by atoms with Crippen LogP contribution in [0.1, 0.15) is 56.4 Å². The van der Waals surface area contributed by atoms with Gasteiger partial charge in [0.1, 0.15) is 5.15 Å². The molecule has 0 aromatic carbocycles. The summed E-state index contributed by atoms with van der Waals surface area (Å²) >= 11 is 11.7. The molecule has 2 aromatic heterocycles. The van der Waals surface area contributed by atoms with Gasteiger partial charge in [0.05, 0.1) is 22.9 Å². The van der Waals surface area contributed by atoms with Gasteiger partial charge in [0.2, 0.25) is 5.78 Å². The Labute approximate surface area is 166 Å². The van der Waals surface area contributed by atoms with Crippen LogP contribution in [0, 0.1) is 13.8 Å². The van der Waals surface area contributed by atoms with Gasteiger partial charge in [-0.05, 0) is 45.4 Å². The van der Waals surface area contributed by atoms with Crippen molar-refractivity contribution in [2.75, 3.05) is 6.61 Å². The molecule has 0 unspecified atom stereocenters. The van der Waals surface area contributed by atoms with Crippen LogP contribution in [0.15, 0.2) is 12.1 Å². The van der Waals surface area contributed by atoms with Crippen LogP contribution < -0.4 is 0 Å². The van der Waals surface area contributed by atoms with E-state index in [1.807, 2.05) is 0 Å². The fraction of sp³-hybridized carbons (Fsp3) is 0.333. The van der Waals surface area contributed by atoms with Gasteiger partial charge in [0, 0.05) is 5.69 Å². The van der Waals surface area contributed by atoms with Gasteiger partial charge in [-0.3, -0.25) is 4.79 Å². The Kier molecular flexibility index (Phi) is 6.62. The molecule has 0 aliphatic carbocycles. The molecule has 0 saturated carbocycles. The average molecular weight is 413 g/mol. The highest BCUT2D eigenvalue weighted by Gasteiger charge is 2.28. The second-order valence-corrected chi connectivity index (χ2v) is 6.52. The molecule has 0 fully saturated rings. The van der Waals surface area contributed by atoms with Gasteiger partial charge in [-0.15, -0.1) is 0 Å². The van der Waals surface area contributed by atoms with E-state index in [0.29, 0.717) is 16.8 Å². The number of H-pyrrole nitrogens is 1. The van der Waals surface area contributed by atoms with Crippen molar-refractivity contribution < 1.29 is 23.9 Å². The zero-order valence-electron chi connectivity index (χ0n) is 15.2. The lowest BCUT2D eigenvalue weighted by atomic mass is 10.1. The summed E-state index contributed by atoms with van der Waals surface area (Å²) in [5.74, 6) is -1.91. The van der Waals surface area contributed by atoms with Gasteiger partial charge in [-0.1, -0.05) is 23.2 Å². The molecule has 0 aliphatic rings. The van der Waals surface area contributed by atoms with Gasteiger partial charge >= 0.3 is 11.9 Å². The molecule has 1 N–H and O–H groups in total. The number of Topliss-reactive ketones (excluding diaryl/α,β-unsaturated/α-hetero) is 1. The Hall–Kier alpha value is -2.38. The lowest BCUT2D eigenvalue weighted by molar-refractivity contribution is 0.0311. The minimum Gasteiger partial charge on any atom is -0.462 e. The van der Waals surface area contributed by atoms with E-state index >= 15 is 0 Å². The first kappa shape index (κ1) is 20.9. The van der Waals surface area contributed by atoms with Crippen molar-refractivity contribution in [2.45, 2.75) is 33.8 Å². The Bertz CT molecular complexity index is 907. The van der Waals surface area contributed by atoms with Crippen molar-refractivity contribution in [3.05, 3.63) is 50.5 Å². The van der Waals surface area contributed by atoms with Crippen LogP contribution in [-0.4, -0.2) is 40.4 Å². The number of nitrogens with zero attached hydrogens (tertiary/aromatic N) is 1. The molecular formula is C18H18Cl2N2O5. The number of carbonyl (C=O) groups excluding carboxylic acids is 3. The van der Waals surface area contributed by atoms with Crippen LogP contribution in [0.2, 0.25) is 10.2 Å². The molecule has 144 valence electrons. The summed E-state index contributed by atoms with van der Waals surface area (Å²) in [6, 6.07) is 2.83. The number of carbonyl (C=O) groups is 3. The van der Waals surface area contributed by atoms with Crippen molar-refractivity contribution in [1.82, 2.24) is 9.97 Å². The van der Waals surface area contributed by atoms with Crippen molar-refractivity contribution in [2.24, 2.45) is 0 Å². The highest BCUT2D eigenvalue weighted by Crippen LogP contribution is 2.22. The highest BCUT2D eigenvalue weighted by atomic mass is 35.5. The third kappa shape index (κ3) is 4.48. The van der Waals surface area contributed by atoms with E-state index in [-0.39, 0.29) is 28.2 Å². The quantitative estimate of drug-likeness (QED) is 0.438. The summed E-state index contributed by atoms with van der Waals surface area (Å²) in [5.41, 5.74) is 1.19. The first-order chi connectivity index (χ1) is 12.7. The number of nitrogens with one attached hydrogen (secondary N) is 1. The van der Waals surface area contributed by atoms with E-state index in [4.69, 9.17) is 32.7 Å². The lowest BCUT2D eigenvalue weighted by Crippen LogP contribution is -2.26. The summed E-state index contributed by atoms with van der Waals surface area (Å²) in [5, 5.41) is 0.126. The maximum atomic E-state index is 12.7. The standard InChI is InChI=1S/C18H18Cl2N2O5/c1-5-26-17(24)13-8(2)14(21-9(13)3)16(23)10(4)27-18(25)15-11(19)6-7-12(20)22-15/h6-7,10,21H,5H2,1-4H3/t10-/m0/s1. The SMILES string of the molecule is CCOC(=O)c1c(C)[nH]c(C(=O)[C@H](C)OC(=O)c2nc(Cl)ccc2Cl)c1C. The molecular weight excluding hydrogens is 395 g/mol. The number of ketones is 1. The Morgan fingerprint density at radius 2 is 1.85 bits per heavy atom. The van der Waals surface area contributed by atoms with E-state index < -0.39 is 23.8 Å². The number of rotatable bonds is 6. The van der Waals surface area contributed by atoms with Crippen molar-refractivity contribution >= 4 is 40.9 Å². The second kappa shape index (κ2) is 8.54. The van der Waals surface area contributed by atoms with E-state index in [9.17, 15) is 14.4 Å². The van der Waals surface area contributed by atoms with Gasteiger partial charge < -0.3 is 14.5 Å². The number of halogens is 2. The maximum Gasteiger partial charge on any atom is 0.359 e. The molecule has 2 heterocycles. The minimum absolute atomic E-state index is 0.0561. The van der Waals surface area contributed by atoms with E-state index in [0.717, 1.165) is 0 Å². The van der Waals surface area contributed by atoms with Crippen LogP contribution in [0.5, 0.6) is 0 Å². The zero-order valence-corrected chi connectivity index (χ0v) is 16.7. The van der Waals surface area contributed by atoms with Gasteiger partial charge in [-0.25, -0.2) is 14.6 Å². The van der Waals surface area contributed by atoms with E-state index in [1.54, 1.807) is 20.8 Å². The van der Waals surface area contributed by atoms with Crippen molar-refractivity contribution in [3.63, 3.8) is 0 Å². The second-order valence-electron chi connectivity index (χ2n) is 5.72. The molecule has 0 aliphatic heterocycles. The number of aromatic nitrogens is 2. The number of ether oxygens (including phenoxy) is 2. The molecule has 27 heavy (non-hydrogen) atoms. The van der Waals surface area contributed by atoms with Crippen LogP contribution in [0.25, 0.3) is 0 Å². The van der Waals surface area contributed by atoms with Crippen LogP contribution in [0.3, 0.4) is 0 Å². The first-order valence-electron chi connectivity index (χ1n) is 8.10. The van der Waals surface area contributed by atoms with Gasteiger partial charge in [0.25, 0.3) is 0 Å². The van der Waals surface area contributed by atoms with E-state index in [2.05, 4.69) is 9.97 Å².